The lowest BCUT2D eigenvalue weighted by Gasteiger charge is -2.16. The molecule has 5 N–H and O–H groups in total. The highest BCUT2D eigenvalue weighted by molar-refractivity contribution is 4.97. The van der Waals surface area contributed by atoms with Crippen molar-refractivity contribution in [3.05, 3.63) is 11.9 Å². The molecule has 0 saturated heterocycles. The van der Waals surface area contributed by atoms with Crippen molar-refractivity contribution in [3.63, 3.8) is 0 Å². The first-order chi connectivity index (χ1) is 13.6. The van der Waals surface area contributed by atoms with E-state index in [2.05, 4.69) is 12.2 Å². The van der Waals surface area contributed by atoms with Crippen LogP contribution in [0.15, 0.2) is 11.9 Å². The Labute approximate surface area is 170 Å². The summed E-state index contributed by atoms with van der Waals surface area (Å²) < 4.78 is 27.1. The van der Waals surface area contributed by atoms with Crippen molar-refractivity contribution in [1.82, 2.24) is 10.3 Å². The Bertz CT molecular complexity index is 359. The quantitative estimate of drug-likeness (QED) is 0.141. The van der Waals surface area contributed by atoms with Crippen LogP contribution in [0.2, 0.25) is 0 Å². The molecule has 0 bridgehead atoms. The van der Waals surface area contributed by atoms with E-state index in [0.29, 0.717) is 72.6 Å². The van der Waals surface area contributed by atoms with Crippen LogP contribution in [0.4, 0.5) is 0 Å². The molecule has 0 unspecified atom stereocenters. The van der Waals surface area contributed by atoms with Gasteiger partial charge in [-0.05, 0) is 12.5 Å². The summed E-state index contributed by atoms with van der Waals surface area (Å²) in [6.45, 7) is 14.2. The SMILES string of the molecule is CCNCCOCCOCCOCCOCCOCCN(N)/C=C(\N)C(C)C. The van der Waals surface area contributed by atoms with Gasteiger partial charge in [0.05, 0.1) is 72.6 Å². The van der Waals surface area contributed by atoms with Crippen molar-refractivity contribution in [1.29, 1.82) is 0 Å². The number of hydrazine groups is 1. The number of rotatable bonds is 21. The lowest BCUT2D eigenvalue weighted by Crippen LogP contribution is -2.31. The van der Waals surface area contributed by atoms with Crippen LogP contribution in [0.1, 0.15) is 20.8 Å². The minimum Gasteiger partial charge on any atom is -0.401 e. The lowest BCUT2D eigenvalue weighted by atomic mass is 10.2. The molecule has 0 rings (SSSR count). The standard InChI is InChI=1S/C19H42N4O5/c1-4-22-5-7-24-9-11-26-13-15-28-16-14-27-12-10-25-8-6-23(21)17-19(20)18(2)3/h17-18,22H,4-16,20-21H2,1-3H3/b19-17-. The zero-order chi connectivity index (χ0) is 20.9. The first-order valence-electron chi connectivity index (χ1n) is 10.2. The van der Waals surface area contributed by atoms with Crippen molar-refractivity contribution in [2.45, 2.75) is 20.8 Å². The van der Waals surface area contributed by atoms with E-state index in [9.17, 15) is 0 Å². The van der Waals surface area contributed by atoms with Crippen molar-refractivity contribution in [3.8, 4) is 0 Å². The van der Waals surface area contributed by atoms with E-state index in [1.165, 1.54) is 0 Å². The fourth-order valence-electron chi connectivity index (χ4n) is 1.88. The molecular weight excluding hydrogens is 364 g/mol. The molecule has 0 aromatic carbocycles. The van der Waals surface area contributed by atoms with Crippen LogP contribution < -0.4 is 16.9 Å². The Balaban J connectivity index is 3.19. The van der Waals surface area contributed by atoms with Gasteiger partial charge in [-0.1, -0.05) is 20.8 Å². The van der Waals surface area contributed by atoms with Crippen LogP contribution in [0.3, 0.4) is 0 Å². The zero-order valence-electron chi connectivity index (χ0n) is 18.0. The van der Waals surface area contributed by atoms with E-state index in [0.717, 1.165) is 18.8 Å². The summed E-state index contributed by atoms with van der Waals surface area (Å²) in [7, 11) is 0. The number of hydrogen-bond acceptors (Lipinski definition) is 9. The van der Waals surface area contributed by atoms with Crippen LogP contribution in [-0.4, -0.2) is 90.7 Å². The molecule has 0 aliphatic heterocycles. The third-order valence-electron chi connectivity index (χ3n) is 3.64. The van der Waals surface area contributed by atoms with E-state index in [1.54, 1.807) is 11.2 Å². The van der Waals surface area contributed by atoms with Gasteiger partial charge in [0, 0.05) is 18.4 Å². The van der Waals surface area contributed by atoms with Crippen molar-refractivity contribution >= 4 is 0 Å². The van der Waals surface area contributed by atoms with Gasteiger partial charge < -0.3 is 39.7 Å². The molecule has 0 heterocycles. The first-order valence-corrected chi connectivity index (χ1v) is 10.2. The number of allylic oxidation sites excluding steroid dienone is 1. The van der Waals surface area contributed by atoms with E-state index < -0.39 is 0 Å². The molecule has 28 heavy (non-hydrogen) atoms. The molecule has 0 spiro atoms. The normalized spacial score (nSPS) is 12.1. The van der Waals surface area contributed by atoms with Crippen LogP contribution in [-0.2, 0) is 23.7 Å². The summed E-state index contributed by atoms with van der Waals surface area (Å²) >= 11 is 0. The molecule has 9 nitrogen and oxygen atoms in total. The highest BCUT2D eigenvalue weighted by Crippen LogP contribution is 2.01. The molecule has 0 amide bonds. The molecule has 0 saturated carbocycles. The highest BCUT2D eigenvalue weighted by Gasteiger charge is 2.00. The minimum absolute atomic E-state index is 0.279. The molecule has 0 aliphatic carbocycles. The van der Waals surface area contributed by atoms with Crippen molar-refractivity contribution in [2.75, 3.05) is 85.7 Å². The number of likely N-dealkylation sites (N-methyl/N-ethyl adjacent to an activating group) is 1. The third-order valence-corrected chi connectivity index (χ3v) is 3.64. The number of nitrogens with one attached hydrogen (secondary N) is 1. The summed E-state index contributed by atoms with van der Waals surface area (Å²) in [6.07, 6.45) is 1.74. The third kappa shape index (κ3) is 19.8. The molecule has 0 aromatic rings. The fourth-order valence-corrected chi connectivity index (χ4v) is 1.88. The first kappa shape index (κ1) is 27.1. The van der Waals surface area contributed by atoms with Gasteiger partial charge in [0.15, 0.2) is 0 Å². The molecule has 0 fully saturated rings. The van der Waals surface area contributed by atoms with E-state index in [4.69, 9.17) is 35.3 Å². The summed E-state index contributed by atoms with van der Waals surface area (Å²) in [4.78, 5) is 0. The molecule has 0 aliphatic rings. The monoisotopic (exact) mass is 406 g/mol. The largest absolute Gasteiger partial charge is 0.401 e. The number of nitrogens with two attached hydrogens (primary N) is 2. The van der Waals surface area contributed by atoms with Crippen molar-refractivity contribution in [2.24, 2.45) is 17.5 Å². The molecule has 0 radical (unpaired) electrons. The predicted octanol–water partition coefficient (Wildman–Crippen LogP) is 0.311. The van der Waals surface area contributed by atoms with E-state index in [1.807, 2.05) is 13.8 Å². The maximum Gasteiger partial charge on any atom is 0.0701 e. The smallest absolute Gasteiger partial charge is 0.0701 e. The summed E-state index contributed by atoms with van der Waals surface area (Å²) in [5, 5.41) is 4.74. The summed E-state index contributed by atoms with van der Waals surface area (Å²) in [6, 6.07) is 0. The van der Waals surface area contributed by atoms with Gasteiger partial charge in [-0.15, -0.1) is 0 Å². The lowest BCUT2D eigenvalue weighted by molar-refractivity contribution is -0.0115. The second-order valence-corrected chi connectivity index (χ2v) is 6.44. The molecule has 9 heteroatoms. The fraction of sp³-hybridized carbons (Fsp3) is 0.895. The van der Waals surface area contributed by atoms with Gasteiger partial charge in [0.1, 0.15) is 0 Å². The highest BCUT2D eigenvalue weighted by atomic mass is 16.6. The van der Waals surface area contributed by atoms with Crippen LogP contribution in [0, 0.1) is 5.92 Å². The summed E-state index contributed by atoms with van der Waals surface area (Å²) in [5.74, 6) is 6.09. The zero-order valence-corrected chi connectivity index (χ0v) is 18.0. The van der Waals surface area contributed by atoms with Crippen LogP contribution >= 0.6 is 0 Å². The Hall–Kier alpha value is -0.940. The van der Waals surface area contributed by atoms with Crippen molar-refractivity contribution < 1.29 is 23.7 Å². The van der Waals surface area contributed by atoms with Gasteiger partial charge in [-0.25, -0.2) is 5.84 Å². The Morgan fingerprint density at radius 1 is 0.821 bits per heavy atom. The minimum atomic E-state index is 0.279. The summed E-state index contributed by atoms with van der Waals surface area (Å²) in [5.41, 5.74) is 6.59. The predicted molar refractivity (Wildman–Crippen MR) is 111 cm³/mol. The average molecular weight is 407 g/mol. The Morgan fingerprint density at radius 2 is 1.25 bits per heavy atom. The number of nitrogens with zero attached hydrogens (tertiary/aromatic N) is 1. The molecule has 0 atom stereocenters. The number of hydrogen-bond donors (Lipinski definition) is 3. The Morgan fingerprint density at radius 3 is 1.68 bits per heavy atom. The van der Waals surface area contributed by atoms with E-state index in [-0.39, 0.29) is 5.92 Å². The van der Waals surface area contributed by atoms with Gasteiger partial charge in [0.25, 0.3) is 0 Å². The molecule has 168 valence electrons. The van der Waals surface area contributed by atoms with E-state index >= 15 is 0 Å². The molecule has 0 aromatic heterocycles. The molecular formula is C19H42N4O5. The second kappa shape index (κ2) is 20.8. The van der Waals surface area contributed by atoms with Gasteiger partial charge in [-0.3, -0.25) is 0 Å². The maximum absolute atomic E-state index is 5.84. The van der Waals surface area contributed by atoms with Crippen LogP contribution in [0.25, 0.3) is 0 Å². The maximum atomic E-state index is 5.84. The Kier molecular flexibility index (Phi) is 20.1. The number of ether oxygens (including phenoxy) is 5. The van der Waals surface area contributed by atoms with Gasteiger partial charge in [-0.2, -0.15) is 0 Å². The van der Waals surface area contributed by atoms with Gasteiger partial charge in [0.2, 0.25) is 0 Å². The average Bonchev–Trinajstić information content (AvgIpc) is 2.66. The van der Waals surface area contributed by atoms with Crippen LogP contribution in [0.5, 0.6) is 0 Å². The van der Waals surface area contributed by atoms with Gasteiger partial charge >= 0.3 is 0 Å². The second-order valence-electron chi connectivity index (χ2n) is 6.44. The topological polar surface area (TPSA) is 113 Å².